The Bertz CT molecular complexity index is 932. The number of halogens is 1. The monoisotopic (exact) mass is 387 g/mol. The summed E-state index contributed by atoms with van der Waals surface area (Å²) >= 11 is 11.7. The molecule has 0 atom stereocenters. The molecular weight excluding hydrogens is 370 g/mol. The van der Waals surface area contributed by atoms with Gasteiger partial charge in [0.25, 0.3) is 0 Å². The molecule has 1 saturated heterocycles. The molecule has 7 nitrogen and oxygen atoms in total. The normalized spacial score (nSPS) is 15.3. The summed E-state index contributed by atoms with van der Waals surface area (Å²) in [7, 11) is 0. The van der Waals surface area contributed by atoms with Crippen LogP contribution in [0.5, 0.6) is 0 Å². The van der Waals surface area contributed by atoms with Gasteiger partial charge in [-0.05, 0) is 36.5 Å². The standard InChI is InChI=1S/C17H18ClN7S/c18-14-3-1-4-15(11-14)24-12-21-25(17(24)26)13-22-7-9-23(10-8-22)16-19-5-2-6-20-16/h1-6,11-12H,7-10,13H2. The molecule has 3 heterocycles. The quantitative estimate of drug-likeness (QED) is 0.641. The Balaban J connectivity index is 1.42. The van der Waals surface area contributed by atoms with Crippen LogP contribution in [0.4, 0.5) is 5.95 Å². The number of rotatable bonds is 4. The molecule has 0 saturated carbocycles. The number of hydrogen-bond acceptors (Lipinski definition) is 6. The molecule has 0 bridgehead atoms. The number of nitrogens with zero attached hydrogens (tertiary/aromatic N) is 7. The molecule has 9 heteroatoms. The molecule has 1 aliphatic heterocycles. The summed E-state index contributed by atoms with van der Waals surface area (Å²) in [6.45, 7) is 4.24. The number of piperazine rings is 1. The molecule has 0 spiro atoms. The Morgan fingerprint density at radius 2 is 1.81 bits per heavy atom. The predicted molar refractivity (Wildman–Crippen MR) is 103 cm³/mol. The van der Waals surface area contributed by atoms with Crippen molar-refractivity contribution in [3.63, 3.8) is 0 Å². The highest BCUT2D eigenvalue weighted by Crippen LogP contribution is 2.16. The first-order valence-corrected chi connectivity index (χ1v) is 9.14. The fourth-order valence-electron chi connectivity index (χ4n) is 2.97. The van der Waals surface area contributed by atoms with Crippen LogP contribution >= 0.6 is 23.8 Å². The van der Waals surface area contributed by atoms with Crippen LogP contribution in [0.2, 0.25) is 5.02 Å². The van der Waals surface area contributed by atoms with Gasteiger partial charge in [0.05, 0.1) is 12.4 Å². The van der Waals surface area contributed by atoms with Crippen LogP contribution in [0.3, 0.4) is 0 Å². The van der Waals surface area contributed by atoms with Gasteiger partial charge < -0.3 is 4.90 Å². The predicted octanol–water partition coefficient (Wildman–Crippen LogP) is 2.63. The zero-order valence-corrected chi connectivity index (χ0v) is 15.6. The van der Waals surface area contributed by atoms with Crippen LogP contribution in [0.1, 0.15) is 0 Å². The lowest BCUT2D eigenvalue weighted by Gasteiger charge is -2.34. The van der Waals surface area contributed by atoms with Gasteiger partial charge >= 0.3 is 0 Å². The van der Waals surface area contributed by atoms with E-state index in [4.69, 9.17) is 23.8 Å². The Hall–Kier alpha value is -2.29. The van der Waals surface area contributed by atoms with Crippen molar-refractivity contribution in [1.82, 2.24) is 29.2 Å². The SMILES string of the molecule is S=c1n(-c2cccc(Cl)c2)cnn1CN1CCN(c2ncccn2)CC1. The first-order valence-electron chi connectivity index (χ1n) is 8.35. The van der Waals surface area contributed by atoms with Crippen LogP contribution in [0.25, 0.3) is 5.69 Å². The number of aromatic nitrogens is 5. The number of benzene rings is 1. The lowest BCUT2D eigenvalue weighted by Crippen LogP contribution is -2.47. The lowest BCUT2D eigenvalue weighted by molar-refractivity contribution is 0.193. The average Bonchev–Trinajstić information content (AvgIpc) is 3.03. The average molecular weight is 388 g/mol. The maximum atomic E-state index is 6.08. The fraction of sp³-hybridized carbons (Fsp3) is 0.294. The van der Waals surface area contributed by atoms with E-state index in [1.54, 1.807) is 18.7 Å². The Labute approximate surface area is 161 Å². The maximum absolute atomic E-state index is 6.08. The summed E-state index contributed by atoms with van der Waals surface area (Å²) in [5, 5.41) is 5.12. The molecular formula is C17H18ClN7S. The molecule has 134 valence electrons. The first kappa shape index (κ1) is 17.1. The highest BCUT2D eigenvalue weighted by Gasteiger charge is 2.19. The molecule has 0 aliphatic carbocycles. The molecule has 0 unspecified atom stereocenters. The van der Waals surface area contributed by atoms with Crippen molar-refractivity contribution < 1.29 is 0 Å². The van der Waals surface area contributed by atoms with Gasteiger partial charge in [0.2, 0.25) is 10.7 Å². The third-order valence-corrected chi connectivity index (χ3v) is 5.00. The fourth-order valence-corrected chi connectivity index (χ4v) is 3.41. The van der Waals surface area contributed by atoms with Gasteiger partial charge in [0, 0.05) is 43.6 Å². The van der Waals surface area contributed by atoms with Gasteiger partial charge in [-0.1, -0.05) is 17.7 Å². The van der Waals surface area contributed by atoms with E-state index in [9.17, 15) is 0 Å². The molecule has 0 N–H and O–H groups in total. The molecule has 4 rings (SSSR count). The van der Waals surface area contributed by atoms with Gasteiger partial charge in [-0.3, -0.25) is 9.47 Å². The van der Waals surface area contributed by atoms with Crippen molar-refractivity contribution in [2.24, 2.45) is 0 Å². The summed E-state index contributed by atoms with van der Waals surface area (Å²) in [4.78, 5) is 13.2. The maximum Gasteiger partial charge on any atom is 0.225 e. The minimum Gasteiger partial charge on any atom is -0.338 e. The van der Waals surface area contributed by atoms with E-state index >= 15 is 0 Å². The molecule has 1 aliphatic rings. The van der Waals surface area contributed by atoms with Gasteiger partial charge in [0.1, 0.15) is 6.33 Å². The minimum absolute atomic E-state index is 0.654. The topological polar surface area (TPSA) is 55.0 Å². The van der Waals surface area contributed by atoms with Crippen molar-refractivity contribution in [3.8, 4) is 5.69 Å². The van der Waals surface area contributed by atoms with Crippen molar-refractivity contribution in [3.05, 3.63) is 58.8 Å². The zero-order chi connectivity index (χ0) is 17.9. The molecule has 0 amide bonds. The van der Waals surface area contributed by atoms with Crippen LogP contribution in [0.15, 0.2) is 49.1 Å². The highest BCUT2D eigenvalue weighted by molar-refractivity contribution is 7.71. The van der Waals surface area contributed by atoms with Gasteiger partial charge in [0.15, 0.2) is 0 Å². The summed E-state index contributed by atoms with van der Waals surface area (Å²) in [6, 6.07) is 9.42. The van der Waals surface area contributed by atoms with Crippen LogP contribution in [0, 0.1) is 4.77 Å². The third-order valence-electron chi connectivity index (χ3n) is 4.36. The zero-order valence-electron chi connectivity index (χ0n) is 14.1. The second-order valence-electron chi connectivity index (χ2n) is 6.06. The molecule has 0 radical (unpaired) electrons. The van der Waals surface area contributed by atoms with E-state index in [0.29, 0.717) is 16.5 Å². The lowest BCUT2D eigenvalue weighted by atomic mass is 10.3. The van der Waals surface area contributed by atoms with Gasteiger partial charge in [-0.2, -0.15) is 5.10 Å². The van der Waals surface area contributed by atoms with Crippen molar-refractivity contribution in [1.29, 1.82) is 0 Å². The van der Waals surface area contributed by atoms with Crippen molar-refractivity contribution in [2.45, 2.75) is 6.67 Å². The van der Waals surface area contributed by atoms with E-state index in [1.807, 2.05) is 39.6 Å². The molecule has 26 heavy (non-hydrogen) atoms. The third kappa shape index (κ3) is 3.62. The van der Waals surface area contributed by atoms with E-state index < -0.39 is 0 Å². The minimum atomic E-state index is 0.654. The van der Waals surface area contributed by atoms with Crippen LogP contribution in [-0.2, 0) is 6.67 Å². The summed E-state index contributed by atoms with van der Waals surface area (Å²) in [6.07, 6.45) is 5.29. The van der Waals surface area contributed by atoms with Crippen molar-refractivity contribution >= 4 is 29.8 Å². The van der Waals surface area contributed by atoms with Crippen LogP contribution in [-0.4, -0.2) is 55.4 Å². The number of anilines is 1. The van der Waals surface area contributed by atoms with Gasteiger partial charge in [-0.15, -0.1) is 0 Å². The summed E-state index contributed by atoms with van der Waals surface area (Å²) in [5.41, 5.74) is 0.916. The molecule has 2 aromatic heterocycles. The molecule has 3 aromatic rings. The highest BCUT2D eigenvalue weighted by atomic mass is 35.5. The Morgan fingerprint density at radius 1 is 1.04 bits per heavy atom. The first-order chi connectivity index (χ1) is 12.7. The second kappa shape index (κ2) is 7.53. The summed E-state index contributed by atoms with van der Waals surface area (Å²) < 4.78 is 4.36. The summed E-state index contributed by atoms with van der Waals surface area (Å²) in [5.74, 6) is 0.786. The van der Waals surface area contributed by atoms with E-state index in [-0.39, 0.29) is 0 Å². The smallest absolute Gasteiger partial charge is 0.225 e. The molecule has 1 aromatic carbocycles. The van der Waals surface area contributed by atoms with E-state index in [2.05, 4.69) is 24.9 Å². The van der Waals surface area contributed by atoms with Gasteiger partial charge in [-0.25, -0.2) is 14.6 Å². The Morgan fingerprint density at radius 3 is 2.54 bits per heavy atom. The van der Waals surface area contributed by atoms with E-state index in [1.165, 1.54) is 0 Å². The molecule has 1 fully saturated rings. The van der Waals surface area contributed by atoms with Crippen LogP contribution < -0.4 is 4.90 Å². The number of hydrogen-bond donors (Lipinski definition) is 0. The largest absolute Gasteiger partial charge is 0.338 e. The van der Waals surface area contributed by atoms with E-state index in [0.717, 1.165) is 37.8 Å². The Kier molecular flexibility index (Phi) is 4.96. The second-order valence-corrected chi connectivity index (χ2v) is 6.86. The van der Waals surface area contributed by atoms with Crippen molar-refractivity contribution in [2.75, 3.05) is 31.1 Å².